The van der Waals surface area contributed by atoms with Crippen LogP contribution in [0.3, 0.4) is 0 Å². The minimum atomic E-state index is -4.36. The maximum atomic E-state index is 12.3. The van der Waals surface area contributed by atoms with Gasteiger partial charge in [-0.2, -0.15) is 18.3 Å². The number of carbonyl (C=O) groups excluding carboxylic acids is 1. The standard InChI is InChI=1S/C15H22F3N3O2/c1-10-14(11(2)20(3)19-10)12-5-4-7-21(12)13(22)6-8-23-9-15(16,17)18/h12H,4-9H2,1-3H3/t12-/m0/s1. The molecular formula is C15H22F3N3O2. The van der Waals surface area contributed by atoms with E-state index in [9.17, 15) is 18.0 Å². The number of hydrogen-bond donors (Lipinski definition) is 0. The number of likely N-dealkylation sites (tertiary alicyclic amines) is 1. The largest absolute Gasteiger partial charge is 0.411 e. The molecule has 0 N–H and O–H groups in total. The zero-order chi connectivity index (χ0) is 17.2. The van der Waals surface area contributed by atoms with E-state index in [4.69, 9.17) is 0 Å². The van der Waals surface area contributed by atoms with E-state index in [0.29, 0.717) is 6.54 Å². The summed E-state index contributed by atoms with van der Waals surface area (Å²) in [7, 11) is 1.86. The van der Waals surface area contributed by atoms with Gasteiger partial charge in [0.15, 0.2) is 0 Å². The Bertz CT molecular complexity index is 569. The molecule has 1 atom stereocenters. The van der Waals surface area contributed by atoms with E-state index in [0.717, 1.165) is 29.8 Å². The topological polar surface area (TPSA) is 47.4 Å². The number of aromatic nitrogens is 2. The summed E-state index contributed by atoms with van der Waals surface area (Å²) in [5.74, 6) is -0.169. The van der Waals surface area contributed by atoms with Gasteiger partial charge in [-0.05, 0) is 26.7 Å². The zero-order valence-corrected chi connectivity index (χ0v) is 13.6. The molecule has 1 aromatic rings. The molecule has 2 heterocycles. The molecule has 0 aliphatic carbocycles. The molecule has 0 radical (unpaired) electrons. The molecule has 0 spiro atoms. The highest BCUT2D eigenvalue weighted by molar-refractivity contribution is 5.77. The fourth-order valence-corrected chi connectivity index (χ4v) is 3.13. The van der Waals surface area contributed by atoms with Crippen LogP contribution in [0, 0.1) is 13.8 Å². The fourth-order valence-electron chi connectivity index (χ4n) is 3.13. The van der Waals surface area contributed by atoms with E-state index in [1.54, 1.807) is 9.58 Å². The van der Waals surface area contributed by atoms with Crippen LogP contribution in [0.4, 0.5) is 13.2 Å². The molecule has 1 fully saturated rings. The minimum absolute atomic E-state index is 0.0368. The maximum Gasteiger partial charge on any atom is 0.411 e. The van der Waals surface area contributed by atoms with Gasteiger partial charge in [0.25, 0.3) is 0 Å². The van der Waals surface area contributed by atoms with Gasteiger partial charge in [0.05, 0.1) is 24.8 Å². The van der Waals surface area contributed by atoms with Crippen molar-refractivity contribution in [1.29, 1.82) is 0 Å². The molecule has 0 bridgehead atoms. The van der Waals surface area contributed by atoms with E-state index in [-0.39, 0.29) is 25.0 Å². The third-order valence-electron chi connectivity index (χ3n) is 4.20. The lowest BCUT2D eigenvalue weighted by molar-refractivity contribution is -0.175. The van der Waals surface area contributed by atoms with Gasteiger partial charge >= 0.3 is 6.18 Å². The van der Waals surface area contributed by atoms with E-state index in [1.165, 1.54) is 0 Å². The molecule has 1 aromatic heterocycles. The van der Waals surface area contributed by atoms with E-state index in [1.807, 2.05) is 20.9 Å². The van der Waals surface area contributed by atoms with Gasteiger partial charge in [0.1, 0.15) is 6.61 Å². The third-order valence-corrected chi connectivity index (χ3v) is 4.20. The molecule has 5 nitrogen and oxygen atoms in total. The van der Waals surface area contributed by atoms with Gasteiger partial charge in [0.2, 0.25) is 5.91 Å². The summed E-state index contributed by atoms with van der Waals surface area (Å²) in [5.41, 5.74) is 2.96. The Labute approximate surface area is 133 Å². The Morgan fingerprint density at radius 3 is 2.65 bits per heavy atom. The van der Waals surface area contributed by atoms with Crippen molar-refractivity contribution in [3.05, 3.63) is 17.0 Å². The molecule has 1 amide bonds. The second-order valence-electron chi connectivity index (χ2n) is 5.87. The minimum Gasteiger partial charge on any atom is -0.372 e. The van der Waals surface area contributed by atoms with E-state index < -0.39 is 12.8 Å². The van der Waals surface area contributed by atoms with Crippen LogP contribution < -0.4 is 0 Å². The van der Waals surface area contributed by atoms with Crippen molar-refractivity contribution in [2.45, 2.75) is 45.3 Å². The molecule has 130 valence electrons. The maximum absolute atomic E-state index is 12.3. The number of halogens is 3. The van der Waals surface area contributed by atoms with Gasteiger partial charge in [0, 0.05) is 24.8 Å². The van der Waals surface area contributed by atoms with Crippen molar-refractivity contribution in [3.63, 3.8) is 0 Å². The van der Waals surface area contributed by atoms with E-state index in [2.05, 4.69) is 9.84 Å². The SMILES string of the molecule is Cc1nn(C)c(C)c1[C@@H]1CCCN1C(=O)CCOCC(F)(F)F. The Balaban J connectivity index is 1.97. The van der Waals surface area contributed by atoms with Crippen LogP contribution in [0.15, 0.2) is 0 Å². The third kappa shape index (κ3) is 4.25. The van der Waals surface area contributed by atoms with Crippen molar-refractivity contribution in [3.8, 4) is 0 Å². The van der Waals surface area contributed by atoms with Gasteiger partial charge < -0.3 is 9.64 Å². The highest BCUT2D eigenvalue weighted by atomic mass is 19.4. The molecule has 0 saturated carbocycles. The molecule has 23 heavy (non-hydrogen) atoms. The number of ether oxygens (including phenoxy) is 1. The lowest BCUT2D eigenvalue weighted by Crippen LogP contribution is -2.32. The van der Waals surface area contributed by atoms with Crippen LogP contribution in [0.1, 0.15) is 42.3 Å². The van der Waals surface area contributed by atoms with Gasteiger partial charge in [-0.3, -0.25) is 9.48 Å². The summed E-state index contributed by atoms with van der Waals surface area (Å²) in [6.07, 6.45) is -2.66. The second kappa shape index (κ2) is 6.90. The number of alkyl halides is 3. The van der Waals surface area contributed by atoms with Crippen molar-refractivity contribution in [2.75, 3.05) is 19.8 Å². The average Bonchev–Trinajstić information content (AvgIpc) is 2.99. The van der Waals surface area contributed by atoms with Crippen LogP contribution in [0.25, 0.3) is 0 Å². The Hall–Kier alpha value is -1.57. The molecule has 1 aliphatic heterocycles. The first-order valence-corrected chi connectivity index (χ1v) is 7.64. The summed E-state index contributed by atoms with van der Waals surface area (Å²) in [4.78, 5) is 14.1. The van der Waals surface area contributed by atoms with Crippen LogP contribution >= 0.6 is 0 Å². The molecule has 2 rings (SSSR count). The normalized spacial score (nSPS) is 18.7. The molecule has 1 saturated heterocycles. The van der Waals surface area contributed by atoms with Crippen molar-refractivity contribution in [1.82, 2.24) is 14.7 Å². The summed E-state index contributed by atoms with van der Waals surface area (Å²) in [6.45, 7) is 2.96. The van der Waals surface area contributed by atoms with Crippen LogP contribution in [-0.4, -0.2) is 46.5 Å². The summed E-state index contributed by atoms with van der Waals surface area (Å²) in [6, 6.07) is -0.0428. The Kier molecular flexibility index (Phi) is 5.33. The lowest BCUT2D eigenvalue weighted by Gasteiger charge is -2.25. The predicted molar refractivity (Wildman–Crippen MR) is 77.9 cm³/mol. The number of hydrogen-bond acceptors (Lipinski definition) is 3. The van der Waals surface area contributed by atoms with Crippen LogP contribution in [0.5, 0.6) is 0 Å². The van der Waals surface area contributed by atoms with Gasteiger partial charge in [-0.15, -0.1) is 0 Å². The van der Waals surface area contributed by atoms with Crippen molar-refractivity contribution < 1.29 is 22.7 Å². The van der Waals surface area contributed by atoms with Gasteiger partial charge in [-0.1, -0.05) is 0 Å². The van der Waals surface area contributed by atoms with Crippen molar-refractivity contribution >= 4 is 5.91 Å². The molecule has 0 unspecified atom stereocenters. The quantitative estimate of drug-likeness (QED) is 0.779. The smallest absolute Gasteiger partial charge is 0.372 e. The molecule has 1 aliphatic rings. The highest BCUT2D eigenvalue weighted by Crippen LogP contribution is 2.35. The first-order chi connectivity index (χ1) is 10.7. The fraction of sp³-hybridized carbons (Fsp3) is 0.733. The summed E-state index contributed by atoms with van der Waals surface area (Å²) in [5, 5.41) is 4.38. The number of nitrogens with zero attached hydrogens (tertiary/aromatic N) is 3. The van der Waals surface area contributed by atoms with Crippen LogP contribution in [-0.2, 0) is 16.6 Å². The predicted octanol–water partition coefficient (Wildman–Crippen LogP) is 2.67. The summed E-state index contributed by atoms with van der Waals surface area (Å²) >= 11 is 0. The monoisotopic (exact) mass is 333 g/mol. The summed E-state index contributed by atoms with van der Waals surface area (Å²) < 4.78 is 42.4. The number of rotatable bonds is 5. The van der Waals surface area contributed by atoms with Gasteiger partial charge in [-0.25, -0.2) is 0 Å². The average molecular weight is 333 g/mol. The Morgan fingerprint density at radius 2 is 2.09 bits per heavy atom. The van der Waals surface area contributed by atoms with E-state index >= 15 is 0 Å². The second-order valence-corrected chi connectivity index (χ2v) is 5.87. The number of amides is 1. The highest BCUT2D eigenvalue weighted by Gasteiger charge is 2.33. The first kappa shape index (κ1) is 17.8. The lowest BCUT2D eigenvalue weighted by atomic mass is 10.0. The van der Waals surface area contributed by atoms with Crippen molar-refractivity contribution in [2.24, 2.45) is 7.05 Å². The first-order valence-electron chi connectivity index (χ1n) is 7.64. The van der Waals surface area contributed by atoms with Crippen LogP contribution in [0.2, 0.25) is 0 Å². The molecular weight excluding hydrogens is 311 g/mol. The Morgan fingerprint density at radius 1 is 1.39 bits per heavy atom. The number of aryl methyl sites for hydroxylation is 2. The molecule has 8 heteroatoms. The molecule has 0 aromatic carbocycles. The number of carbonyl (C=O) groups is 1. The zero-order valence-electron chi connectivity index (χ0n) is 13.6.